The molecule has 2 aliphatic rings. The first-order valence-corrected chi connectivity index (χ1v) is 10.5. The van der Waals surface area contributed by atoms with Crippen molar-refractivity contribution < 1.29 is 23.8 Å². The number of rotatable bonds is 8. The zero-order valence-corrected chi connectivity index (χ0v) is 17.9. The molecule has 2 heterocycles. The standard InChI is InChI=1S/C24H26N2O5/c1-4-11-26-23(27)21(16-5-8-18(9-6-16)29-13-15(2)3)22(24(26)28)25-17-7-10-19-20(12-17)31-14-30-19/h5-10,12,15,25H,4,11,13-14H2,1-3H3. The second kappa shape index (κ2) is 8.71. The summed E-state index contributed by atoms with van der Waals surface area (Å²) in [7, 11) is 0. The van der Waals surface area contributed by atoms with Gasteiger partial charge in [-0.25, -0.2) is 0 Å². The molecule has 0 aliphatic carbocycles. The molecule has 7 heteroatoms. The SMILES string of the molecule is CCCN1C(=O)C(Nc2ccc3c(c2)OCO3)=C(c2ccc(OCC(C)C)cc2)C1=O. The van der Waals surface area contributed by atoms with Gasteiger partial charge in [0.05, 0.1) is 12.2 Å². The van der Waals surface area contributed by atoms with Gasteiger partial charge in [-0.15, -0.1) is 0 Å². The van der Waals surface area contributed by atoms with E-state index >= 15 is 0 Å². The summed E-state index contributed by atoms with van der Waals surface area (Å²) in [5, 5.41) is 3.14. The number of benzene rings is 2. The van der Waals surface area contributed by atoms with Crippen LogP contribution in [0.2, 0.25) is 0 Å². The molecule has 162 valence electrons. The Morgan fingerprint density at radius 1 is 1.03 bits per heavy atom. The van der Waals surface area contributed by atoms with Crippen LogP contribution in [-0.4, -0.2) is 36.7 Å². The van der Waals surface area contributed by atoms with Gasteiger partial charge >= 0.3 is 0 Å². The van der Waals surface area contributed by atoms with Crippen LogP contribution in [0.5, 0.6) is 17.2 Å². The number of nitrogens with zero attached hydrogens (tertiary/aromatic N) is 1. The normalized spacial score (nSPS) is 15.3. The molecule has 0 radical (unpaired) electrons. The van der Waals surface area contributed by atoms with Crippen molar-refractivity contribution in [3.8, 4) is 17.2 Å². The summed E-state index contributed by atoms with van der Waals surface area (Å²) in [5.41, 5.74) is 1.92. The molecule has 1 N–H and O–H groups in total. The zero-order valence-electron chi connectivity index (χ0n) is 17.9. The van der Waals surface area contributed by atoms with E-state index in [9.17, 15) is 9.59 Å². The summed E-state index contributed by atoms with van der Waals surface area (Å²) in [5.74, 6) is 1.76. The minimum atomic E-state index is -0.334. The fourth-order valence-electron chi connectivity index (χ4n) is 3.49. The molecule has 31 heavy (non-hydrogen) atoms. The number of carbonyl (C=O) groups excluding carboxylic acids is 2. The zero-order chi connectivity index (χ0) is 22.0. The summed E-state index contributed by atoms with van der Waals surface area (Å²) in [6, 6.07) is 12.6. The Morgan fingerprint density at radius 3 is 2.48 bits per heavy atom. The average molecular weight is 422 g/mol. The summed E-state index contributed by atoms with van der Waals surface area (Å²) < 4.78 is 16.5. The van der Waals surface area contributed by atoms with E-state index in [1.165, 1.54) is 4.90 Å². The maximum atomic E-state index is 13.1. The molecule has 2 aromatic rings. The predicted molar refractivity (Wildman–Crippen MR) is 117 cm³/mol. The Hall–Kier alpha value is -3.48. The van der Waals surface area contributed by atoms with Crippen molar-refractivity contribution in [2.45, 2.75) is 27.2 Å². The van der Waals surface area contributed by atoms with Gasteiger partial charge in [0.2, 0.25) is 6.79 Å². The van der Waals surface area contributed by atoms with Gasteiger partial charge in [0.25, 0.3) is 11.8 Å². The second-order valence-corrected chi connectivity index (χ2v) is 7.93. The van der Waals surface area contributed by atoms with Gasteiger partial charge in [-0.3, -0.25) is 14.5 Å². The first kappa shape index (κ1) is 20.8. The maximum Gasteiger partial charge on any atom is 0.278 e. The van der Waals surface area contributed by atoms with Crippen LogP contribution >= 0.6 is 0 Å². The van der Waals surface area contributed by atoms with Crippen LogP contribution in [0.3, 0.4) is 0 Å². The molecule has 0 bridgehead atoms. The number of ether oxygens (including phenoxy) is 3. The van der Waals surface area contributed by atoms with E-state index in [0.29, 0.717) is 53.8 Å². The average Bonchev–Trinajstić information content (AvgIpc) is 3.31. The van der Waals surface area contributed by atoms with Gasteiger partial charge in [-0.05, 0) is 42.2 Å². The molecular formula is C24H26N2O5. The van der Waals surface area contributed by atoms with Crippen LogP contribution in [-0.2, 0) is 9.59 Å². The Kier molecular flexibility index (Phi) is 5.84. The summed E-state index contributed by atoms with van der Waals surface area (Å²) in [6.07, 6.45) is 0.685. The molecule has 0 saturated carbocycles. The second-order valence-electron chi connectivity index (χ2n) is 7.93. The van der Waals surface area contributed by atoms with Crippen molar-refractivity contribution in [3.63, 3.8) is 0 Å². The molecule has 0 spiro atoms. The predicted octanol–water partition coefficient (Wildman–Crippen LogP) is 4.05. The lowest BCUT2D eigenvalue weighted by Gasteiger charge is -2.14. The third kappa shape index (κ3) is 4.21. The lowest BCUT2D eigenvalue weighted by Crippen LogP contribution is -2.33. The van der Waals surface area contributed by atoms with Crippen molar-refractivity contribution in [2.75, 3.05) is 25.3 Å². The molecular weight excluding hydrogens is 396 g/mol. The van der Waals surface area contributed by atoms with Crippen molar-refractivity contribution >= 4 is 23.1 Å². The van der Waals surface area contributed by atoms with Crippen LogP contribution in [0.25, 0.3) is 5.57 Å². The Balaban J connectivity index is 1.66. The summed E-state index contributed by atoms with van der Waals surface area (Å²) in [6.45, 7) is 7.24. The maximum absolute atomic E-state index is 13.1. The van der Waals surface area contributed by atoms with Crippen molar-refractivity contribution in [2.24, 2.45) is 5.92 Å². The highest BCUT2D eigenvalue weighted by Gasteiger charge is 2.38. The quantitative estimate of drug-likeness (QED) is 0.647. The minimum absolute atomic E-state index is 0.166. The fourth-order valence-corrected chi connectivity index (χ4v) is 3.49. The van der Waals surface area contributed by atoms with Gasteiger partial charge in [0.15, 0.2) is 11.5 Å². The van der Waals surface area contributed by atoms with Crippen LogP contribution in [0.15, 0.2) is 48.2 Å². The van der Waals surface area contributed by atoms with Gasteiger partial charge in [-0.1, -0.05) is 32.9 Å². The number of fused-ring (bicyclic) bond motifs is 1. The number of hydrogen-bond donors (Lipinski definition) is 1. The Morgan fingerprint density at radius 2 is 1.77 bits per heavy atom. The molecule has 0 unspecified atom stereocenters. The number of carbonyl (C=O) groups is 2. The third-order valence-electron chi connectivity index (χ3n) is 4.98. The van der Waals surface area contributed by atoms with Crippen LogP contribution in [0.1, 0.15) is 32.8 Å². The minimum Gasteiger partial charge on any atom is -0.493 e. The van der Waals surface area contributed by atoms with Crippen molar-refractivity contribution in [3.05, 3.63) is 53.7 Å². The van der Waals surface area contributed by atoms with E-state index < -0.39 is 0 Å². The van der Waals surface area contributed by atoms with E-state index in [2.05, 4.69) is 19.2 Å². The Bertz CT molecular complexity index is 1030. The lowest BCUT2D eigenvalue weighted by molar-refractivity contribution is -0.136. The first-order valence-electron chi connectivity index (χ1n) is 10.5. The van der Waals surface area contributed by atoms with Gasteiger partial charge < -0.3 is 19.5 Å². The largest absolute Gasteiger partial charge is 0.493 e. The molecule has 0 aromatic heterocycles. The molecule has 2 aromatic carbocycles. The van der Waals surface area contributed by atoms with Crippen LogP contribution in [0, 0.1) is 5.92 Å². The van der Waals surface area contributed by atoms with E-state index in [1.807, 2.05) is 31.2 Å². The molecule has 2 aliphatic heterocycles. The molecule has 4 rings (SSSR count). The summed E-state index contributed by atoms with van der Waals surface area (Å²) >= 11 is 0. The summed E-state index contributed by atoms with van der Waals surface area (Å²) in [4.78, 5) is 27.5. The number of hydrogen-bond acceptors (Lipinski definition) is 6. The number of anilines is 1. The molecule has 2 amide bonds. The van der Waals surface area contributed by atoms with E-state index in [4.69, 9.17) is 14.2 Å². The fraction of sp³-hybridized carbons (Fsp3) is 0.333. The van der Waals surface area contributed by atoms with Gasteiger partial charge in [0, 0.05) is 18.3 Å². The number of nitrogens with one attached hydrogen (secondary N) is 1. The Labute approximate surface area is 181 Å². The molecule has 0 fully saturated rings. The number of amides is 2. The first-order chi connectivity index (χ1) is 15.0. The van der Waals surface area contributed by atoms with Crippen molar-refractivity contribution in [1.29, 1.82) is 0 Å². The third-order valence-corrected chi connectivity index (χ3v) is 4.98. The number of imide groups is 1. The monoisotopic (exact) mass is 422 g/mol. The van der Waals surface area contributed by atoms with E-state index in [0.717, 1.165) is 5.75 Å². The topological polar surface area (TPSA) is 77.1 Å². The van der Waals surface area contributed by atoms with Crippen LogP contribution in [0.4, 0.5) is 5.69 Å². The van der Waals surface area contributed by atoms with Crippen molar-refractivity contribution in [1.82, 2.24) is 4.90 Å². The highest BCUT2D eigenvalue weighted by Crippen LogP contribution is 2.36. The highest BCUT2D eigenvalue weighted by atomic mass is 16.7. The smallest absolute Gasteiger partial charge is 0.278 e. The van der Waals surface area contributed by atoms with Crippen LogP contribution < -0.4 is 19.5 Å². The van der Waals surface area contributed by atoms with Gasteiger partial charge in [-0.2, -0.15) is 0 Å². The molecule has 7 nitrogen and oxygen atoms in total. The molecule has 0 atom stereocenters. The van der Waals surface area contributed by atoms with Gasteiger partial charge in [0.1, 0.15) is 11.4 Å². The van der Waals surface area contributed by atoms with E-state index in [-0.39, 0.29) is 24.3 Å². The van der Waals surface area contributed by atoms with E-state index in [1.54, 1.807) is 18.2 Å². The highest BCUT2D eigenvalue weighted by molar-refractivity contribution is 6.36. The molecule has 0 saturated heterocycles. The lowest BCUT2D eigenvalue weighted by atomic mass is 10.0.